The second-order valence-corrected chi connectivity index (χ2v) is 8.76. The van der Waals surface area contributed by atoms with E-state index in [1.165, 1.54) is 11.6 Å². The molecule has 3 aromatic rings. The van der Waals surface area contributed by atoms with Crippen molar-refractivity contribution in [2.24, 2.45) is 7.05 Å². The molecule has 0 aliphatic rings. The Labute approximate surface area is 176 Å². The highest BCUT2D eigenvalue weighted by Crippen LogP contribution is 2.26. The molecule has 158 valence electrons. The highest BCUT2D eigenvalue weighted by atomic mass is 32.2. The molecule has 3 rings (SSSR count). The molecule has 1 atom stereocenters. The van der Waals surface area contributed by atoms with Crippen molar-refractivity contribution in [3.05, 3.63) is 83.2 Å². The lowest BCUT2D eigenvalue weighted by Crippen LogP contribution is -2.40. The van der Waals surface area contributed by atoms with E-state index in [0.29, 0.717) is 11.4 Å². The number of aryl methyl sites for hydroxylation is 2. The number of ether oxygens (including phenoxy) is 1. The van der Waals surface area contributed by atoms with Gasteiger partial charge in [0.15, 0.2) is 6.10 Å². The first kappa shape index (κ1) is 21.7. The summed E-state index contributed by atoms with van der Waals surface area (Å²) in [4.78, 5) is 12.9. The molecule has 1 N–H and O–H groups in total. The SMILES string of the molecule is Cc1nn(C)c(C)c1S(=O)(=O)N[C@H](C)C(=O)OC(c1ccccc1)c1ccccc1. The van der Waals surface area contributed by atoms with E-state index < -0.39 is 28.1 Å². The summed E-state index contributed by atoms with van der Waals surface area (Å²) >= 11 is 0. The number of carbonyl (C=O) groups is 1. The summed E-state index contributed by atoms with van der Waals surface area (Å²) in [6.07, 6.45) is -0.645. The molecule has 0 aliphatic carbocycles. The van der Waals surface area contributed by atoms with E-state index in [2.05, 4.69) is 9.82 Å². The lowest BCUT2D eigenvalue weighted by atomic mass is 10.0. The van der Waals surface area contributed by atoms with Gasteiger partial charge in [0.2, 0.25) is 10.0 Å². The summed E-state index contributed by atoms with van der Waals surface area (Å²) in [5, 5.41) is 4.14. The molecule has 0 fully saturated rings. The Balaban J connectivity index is 1.82. The molecule has 0 bridgehead atoms. The molecule has 0 spiro atoms. The van der Waals surface area contributed by atoms with E-state index in [1.807, 2.05) is 60.7 Å². The van der Waals surface area contributed by atoms with Crippen LogP contribution in [0.2, 0.25) is 0 Å². The first-order valence-corrected chi connectivity index (χ1v) is 11.0. The van der Waals surface area contributed by atoms with Gasteiger partial charge in [0.25, 0.3) is 0 Å². The molecule has 0 aliphatic heterocycles. The zero-order chi connectivity index (χ0) is 21.9. The van der Waals surface area contributed by atoms with Crippen LogP contribution in [0.15, 0.2) is 65.6 Å². The Hall–Kier alpha value is -2.97. The van der Waals surface area contributed by atoms with E-state index in [-0.39, 0.29) is 4.90 Å². The van der Waals surface area contributed by atoms with Gasteiger partial charge in [0, 0.05) is 7.05 Å². The van der Waals surface area contributed by atoms with E-state index in [4.69, 9.17) is 4.74 Å². The van der Waals surface area contributed by atoms with Crippen molar-refractivity contribution in [3.63, 3.8) is 0 Å². The zero-order valence-electron chi connectivity index (χ0n) is 17.4. The average Bonchev–Trinajstić information content (AvgIpc) is 2.99. The minimum Gasteiger partial charge on any atom is -0.451 e. The van der Waals surface area contributed by atoms with Gasteiger partial charge in [-0.1, -0.05) is 60.7 Å². The summed E-state index contributed by atoms with van der Waals surface area (Å²) in [6, 6.07) is 17.6. The van der Waals surface area contributed by atoms with Crippen LogP contribution in [0.25, 0.3) is 0 Å². The molecule has 2 aromatic carbocycles. The quantitative estimate of drug-likeness (QED) is 0.586. The second kappa shape index (κ2) is 8.81. The smallest absolute Gasteiger partial charge is 0.324 e. The van der Waals surface area contributed by atoms with Crippen molar-refractivity contribution >= 4 is 16.0 Å². The predicted molar refractivity (Wildman–Crippen MR) is 113 cm³/mol. The Morgan fingerprint density at radius 2 is 1.50 bits per heavy atom. The van der Waals surface area contributed by atoms with Crippen LogP contribution in [0.1, 0.15) is 35.5 Å². The number of aromatic nitrogens is 2. The highest BCUT2D eigenvalue weighted by Gasteiger charge is 2.30. The summed E-state index contributed by atoms with van der Waals surface area (Å²) in [5.74, 6) is -0.671. The third-order valence-corrected chi connectivity index (χ3v) is 6.63. The van der Waals surface area contributed by atoms with Gasteiger partial charge in [0.05, 0.1) is 11.4 Å². The van der Waals surface area contributed by atoms with Gasteiger partial charge in [-0.2, -0.15) is 9.82 Å². The van der Waals surface area contributed by atoms with E-state index in [9.17, 15) is 13.2 Å². The number of carbonyl (C=O) groups excluding carboxylic acids is 1. The van der Waals surface area contributed by atoms with Crippen LogP contribution in [-0.4, -0.2) is 30.2 Å². The topological polar surface area (TPSA) is 90.3 Å². The summed E-state index contributed by atoms with van der Waals surface area (Å²) < 4.78 is 35.4. The normalized spacial score (nSPS) is 12.7. The second-order valence-electron chi connectivity index (χ2n) is 7.10. The Morgan fingerprint density at radius 3 is 1.93 bits per heavy atom. The van der Waals surface area contributed by atoms with Gasteiger partial charge in [-0.05, 0) is 31.9 Å². The van der Waals surface area contributed by atoms with Gasteiger partial charge in [-0.3, -0.25) is 9.48 Å². The number of rotatable bonds is 7. The van der Waals surface area contributed by atoms with Crippen molar-refractivity contribution in [2.45, 2.75) is 37.8 Å². The zero-order valence-corrected chi connectivity index (χ0v) is 18.2. The molecule has 0 saturated heterocycles. The number of hydrogen-bond donors (Lipinski definition) is 1. The molecule has 7 nitrogen and oxygen atoms in total. The summed E-state index contributed by atoms with van der Waals surface area (Å²) in [7, 11) is -2.27. The van der Waals surface area contributed by atoms with E-state index >= 15 is 0 Å². The van der Waals surface area contributed by atoms with Crippen molar-refractivity contribution < 1.29 is 17.9 Å². The maximum absolute atomic E-state index is 12.9. The van der Waals surface area contributed by atoms with Crippen LogP contribution >= 0.6 is 0 Å². The van der Waals surface area contributed by atoms with E-state index in [1.54, 1.807) is 20.9 Å². The Morgan fingerprint density at radius 1 is 1.00 bits per heavy atom. The number of nitrogens with zero attached hydrogens (tertiary/aromatic N) is 2. The lowest BCUT2D eigenvalue weighted by Gasteiger charge is -2.21. The van der Waals surface area contributed by atoms with Crippen LogP contribution in [0.3, 0.4) is 0 Å². The number of nitrogens with one attached hydrogen (secondary N) is 1. The summed E-state index contributed by atoms with van der Waals surface area (Å²) in [6.45, 7) is 4.75. The van der Waals surface area contributed by atoms with Crippen molar-refractivity contribution in [1.29, 1.82) is 0 Å². The standard InChI is InChI=1S/C22H25N3O4S/c1-15-21(17(3)25(4)23-15)30(27,28)24-16(2)22(26)29-20(18-11-7-5-8-12-18)19-13-9-6-10-14-19/h5-14,16,20,24H,1-4H3/t16-/m1/s1. The Kier molecular flexibility index (Phi) is 6.38. The van der Waals surface area contributed by atoms with Crippen molar-refractivity contribution in [1.82, 2.24) is 14.5 Å². The average molecular weight is 428 g/mol. The van der Waals surface area contributed by atoms with Gasteiger partial charge < -0.3 is 4.74 Å². The van der Waals surface area contributed by atoms with Gasteiger partial charge in [-0.15, -0.1) is 0 Å². The minimum atomic E-state index is -3.94. The Bertz CT molecular complexity index is 1090. The lowest BCUT2D eigenvalue weighted by molar-refractivity contribution is -0.149. The summed E-state index contributed by atoms with van der Waals surface area (Å²) in [5.41, 5.74) is 2.46. The van der Waals surface area contributed by atoms with Crippen LogP contribution in [-0.2, 0) is 26.6 Å². The van der Waals surface area contributed by atoms with Crippen LogP contribution in [0, 0.1) is 13.8 Å². The number of esters is 1. The molecule has 0 amide bonds. The maximum atomic E-state index is 12.9. The number of hydrogen-bond acceptors (Lipinski definition) is 5. The minimum absolute atomic E-state index is 0.0762. The van der Waals surface area contributed by atoms with Crippen LogP contribution in [0.5, 0.6) is 0 Å². The fraction of sp³-hybridized carbons (Fsp3) is 0.273. The fourth-order valence-corrected chi connectivity index (χ4v) is 4.92. The molecule has 0 radical (unpaired) electrons. The molecule has 0 unspecified atom stereocenters. The molecule has 0 saturated carbocycles. The number of sulfonamides is 1. The molecule has 1 aromatic heterocycles. The molecule has 8 heteroatoms. The van der Waals surface area contributed by atoms with E-state index in [0.717, 1.165) is 11.1 Å². The molecular formula is C22H25N3O4S. The van der Waals surface area contributed by atoms with Crippen molar-refractivity contribution in [3.8, 4) is 0 Å². The van der Waals surface area contributed by atoms with Gasteiger partial charge in [0.1, 0.15) is 10.9 Å². The van der Waals surface area contributed by atoms with Gasteiger partial charge in [-0.25, -0.2) is 8.42 Å². The van der Waals surface area contributed by atoms with Crippen LogP contribution in [0.4, 0.5) is 0 Å². The number of benzene rings is 2. The first-order chi connectivity index (χ1) is 14.2. The largest absolute Gasteiger partial charge is 0.451 e. The fourth-order valence-electron chi connectivity index (χ4n) is 3.29. The predicted octanol–water partition coefficient (Wildman–Crippen LogP) is 3.04. The molecular weight excluding hydrogens is 402 g/mol. The monoisotopic (exact) mass is 427 g/mol. The van der Waals surface area contributed by atoms with Crippen molar-refractivity contribution in [2.75, 3.05) is 0 Å². The van der Waals surface area contributed by atoms with Crippen LogP contribution < -0.4 is 4.72 Å². The maximum Gasteiger partial charge on any atom is 0.324 e. The third kappa shape index (κ3) is 4.60. The van der Waals surface area contributed by atoms with Gasteiger partial charge >= 0.3 is 5.97 Å². The molecule has 30 heavy (non-hydrogen) atoms. The molecule has 1 heterocycles. The third-order valence-electron chi connectivity index (χ3n) is 4.84. The highest BCUT2D eigenvalue weighted by molar-refractivity contribution is 7.89. The first-order valence-electron chi connectivity index (χ1n) is 9.53.